The standard InChI is InChI=1S/C16H19.W/c1-9-7-8-10(2)16-14(6)12(4)11(3)13(5)15(9)16;/h7H,1-6H3;/q-1;. The van der Waals surface area contributed by atoms with E-state index in [1.807, 2.05) is 0 Å². The first-order valence-electron chi connectivity index (χ1n) is 5.83. The van der Waals surface area contributed by atoms with E-state index in [1.165, 1.54) is 44.2 Å². The molecule has 0 spiro atoms. The second-order valence-corrected chi connectivity index (χ2v) is 4.85. The molecule has 0 fully saturated rings. The summed E-state index contributed by atoms with van der Waals surface area (Å²) in [6, 6.07) is 5.47. The summed E-state index contributed by atoms with van der Waals surface area (Å²) in [5, 5.41) is 2.83. The minimum atomic E-state index is 0. The van der Waals surface area contributed by atoms with Crippen molar-refractivity contribution in [3.63, 3.8) is 0 Å². The van der Waals surface area contributed by atoms with Gasteiger partial charge in [0.2, 0.25) is 0 Å². The predicted octanol–water partition coefficient (Wildman–Crippen LogP) is 4.49. The minimum Gasteiger partial charge on any atom is -0.180 e. The SMILES string of the molecule is Cc1c(C)c(C)c2c(C)c[c-]c(C)c2c1C.[W]. The van der Waals surface area contributed by atoms with E-state index in [2.05, 4.69) is 53.7 Å². The zero-order valence-electron chi connectivity index (χ0n) is 11.5. The van der Waals surface area contributed by atoms with E-state index in [9.17, 15) is 0 Å². The van der Waals surface area contributed by atoms with Crippen LogP contribution >= 0.6 is 0 Å². The summed E-state index contributed by atoms with van der Waals surface area (Å²) < 4.78 is 0. The Morgan fingerprint density at radius 1 is 0.706 bits per heavy atom. The average molecular weight is 395 g/mol. The van der Waals surface area contributed by atoms with E-state index in [-0.39, 0.29) is 21.1 Å². The third-order valence-electron chi connectivity index (χ3n) is 3.96. The molecule has 2 rings (SSSR count). The monoisotopic (exact) mass is 395 g/mol. The Bertz CT molecular complexity index is 528. The molecule has 0 aliphatic heterocycles. The van der Waals surface area contributed by atoms with Crippen molar-refractivity contribution < 1.29 is 21.1 Å². The number of hydrogen-bond donors (Lipinski definition) is 0. The van der Waals surface area contributed by atoms with Crippen LogP contribution in [0.5, 0.6) is 0 Å². The first-order valence-corrected chi connectivity index (χ1v) is 5.83. The van der Waals surface area contributed by atoms with E-state index in [1.54, 1.807) is 0 Å². The zero-order chi connectivity index (χ0) is 12.0. The Morgan fingerprint density at radius 3 is 1.71 bits per heavy atom. The van der Waals surface area contributed by atoms with Gasteiger partial charge < -0.3 is 0 Å². The molecule has 0 bridgehead atoms. The van der Waals surface area contributed by atoms with E-state index in [4.69, 9.17) is 0 Å². The van der Waals surface area contributed by atoms with Crippen molar-refractivity contribution >= 4 is 10.8 Å². The Labute approximate surface area is 119 Å². The van der Waals surface area contributed by atoms with Gasteiger partial charge in [-0.15, -0.1) is 10.8 Å². The molecule has 1 heteroatoms. The van der Waals surface area contributed by atoms with Gasteiger partial charge in [0, 0.05) is 21.1 Å². The van der Waals surface area contributed by atoms with Crippen LogP contribution < -0.4 is 0 Å². The summed E-state index contributed by atoms with van der Waals surface area (Å²) in [7, 11) is 0. The summed E-state index contributed by atoms with van der Waals surface area (Å²) in [6.45, 7) is 13.2. The molecule has 0 radical (unpaired) electrons. The molecule has 2 aromatic carbocycles. The number of fused-ring (bicyclic) bond motifs is 1. The van der Waals surface area contributed by atoms with Crippen molar-refractivity contribution in [2.24, 2.45) is 0 Å². The third kappa shape index (κ3) is 2.08. The summed E-state index contributed by atoms with van der Waals surface area (Å²) in [5.74, 6) is 0. The number of benzene rings is 2. The van der Waals surface area contributed by atoms with E-state index in [0.29, 0.717) is 0 Å². The molecule has 0 amide bonds. The molecule has 0 nitrogen and oxygen atoms in total. The molecule has 0 saturated heterocycles. The molecular formula is C16H19W-. The van der Waals surface area contributed by atoms with Crippen LogP contribution in [0.15, 0.2) is 6.07 Å². The van der Waals surface area contributed by atoms with Gasteiger partial charge in [0.1, 0.15) is 0 Å². The van der Waals surface area contributed by atoms with Crippen molar-refractivity contribution in [1.82, 2.24) is 0 Å². The van der Waals surface area contributed by atoms with Crippen LogP contribution in [0.25, 0.3) is 10.8 Å². The van der Waals surface area contributed by atoms with Crippen molar-refractivity contribution in [1.29, 1.82) is 0 Å². The van der Waals surface area contributed by atoms with E-state index in [0.717, 1.165) is 0 Å². The van der Waals surface area contributed by atoms with Crippen molar-refractivity contribution in [2.45, 2.75) is 41.5 Å². The van der Waals surface area contributed by atoms with E-state index >= 15 is 0 Å². The van der Waals surface area contributed by atoms with Gasteiger partial charge >= 0.3 is 0 Å². The van der Waals surface area contributed by atoms with Crippen LogP contribution in [0.2, 0.25) is 0 Å². The molecule has 0 saturated carbocycles. The molecule has 0 atom stereocenters. The fourth-order valence-corrected chi connectivity index (χ4v) is 2.64. The van der Waals surface area contributed by atoms with Gasteiger partial charge in [0.05, 0.1) is 0 Å². The maximum atomic E-state index is 3.36. The van der Waals surface area contributed by atoms with Crippen molar-refractivity contribution in [2.75, 3.05) is 0 Å². The Hall–Kier alpha value is -0.612. The average Bonchev–Trinajstić information content (AvgIpc) is 2.26. The van der Waals surface area contributed by atoms with Crippen LogP contribution in [0, 0.1) is 47.6 Å². The second-order valence-electron chi connectivity index (χ2n) is 4.85. The second kappa shape index (κ2) is 4.94. The molecule has 0 unspecified atom stereocenters. The summed E-state index contributed by atoms with van der Waals surface area (Å²) in [4.78, 5) is 0. The normalized spacial score (nSPS) is 10.5. The van der Waals surface area contributed by atoms with E-state index < -0.39 is 0 Å². The van der Waals surface area contributed by atoms with Gasteiger partial charge in [-0.05, 0) is 26.3 Å². The van der Waals surface area contributed by atoms with Gasteiger partial charge in [0.25, 0.3) is 0 Å². The van der Waals surface area contributed by atoms with Gasteiger partial charge in [-0.1, -0.05) is 37.5 Å². The Kier molecular flexibility index (Phi) is 4.20. The first kappa shape index (κ1) is 14.4. The first-order chi connectivity index (χ1) is 7.45. The third-order valence-corrected chi connectivity index (χ3v) is 3.96. The molecule has 0 aliphatic rings. The quantitative estimate of drug-likeness (QED) is 0.577. The van der Waals surface area contributed by atoms with Gasteiger partial charge in [-0.3, -0.25) is 0 Å². The predicted molar refractivity (Wildman–Crippen MR) is 71.2 cm³/mol. The molecule has 0 heterocycles. The number of aryl methyl sites for hydroxylation is 4. The van der Waals surface area contributed by atoms with Crippen LogP contribution in [0.1, 0.15) is 33.4 Å². The zero-order valence-corrected chi connectivity index (χ0v) is 14.4. The van der Waals surface area contributed by atoms with Crippen LogP contribution in [-0.2, 0) is 21.1 Å². The topological polar surface area (TPSA) is 0 Å². The number of rotatable bonds is 0. The smallest absolute Gasteiger partial charge is 0 e. The Morgan fingerprint density at radius 2 is 1.18 bits per heavy atom. The van der Waals surface area contributed by atoms with Crippen molar-refractivity contribution in [3.05, 3.63) is 45.5 Å². The molecule has 0 aliphatic carbocycles. The summed E-state index contributed by atoms with van der Waals surface area (Å²) in [5.41, 5.74) is 8.29. The molecule has 90 valence electrons. The molecule has 0 aromatic heterocycles. The van der Waals surface area contributed by atoms with Crippen LogP contribution in [0.3, 0.4) is 0 Å². The van der Waals surface area contributed by atoms with Gasteiger partial charge in [-0.2, -0.15) is 23.3 Å². The maximum Gasteiger partial charge on any atom is 0 e. The van der Waals surface area contributed by atoms with Gasteiger partial charge in [0.15, 0.2) is 0 Å². The summed E-state index contributed by atoms with van der Waals surface area (Å²) >= 11 is 0. The Balaban J connectivity index is 0.00000144. The minimum absolute atomic E-state index is 0. The number of hydrogen-bond acceptors (Lipinski definition) is 0. The molecule has 17 heavy (non-hydrogen) atoms. The summed E-state index contributed by atoms with van der Waals surface area (Å²) in [6.07, 6.45) is 0. The fourth-order valence-electron chi connectivity index (χ4n) is 2.64. The largest absolute Gasteiger partial charge is 0.180 e. The molecular weight excluding hydrogens is 376 g/mol. The molecule has 2 aromatic rings. The van der Waals surface area contributed by atoms with Crippen LogP contribution in [-0.4, -0.2) is 0 Å². The van der Waals surface area contributed by atoms with Gasteiger partial charge in [-0.25, -0.2) is 0 Å². The maximum absolute atomic E-state index is 3.36. The molecule has 0 N–H and O–H groups in total. The van der Waals surface area contributed by atoms with Crippen LogP contribution in [0.4, 0.5) is 0 Å². The van der Waals surface area contributed by atoms with Crippen molar-refractivity contribution in [3.8, 4) is 0 Å². The fraction of sp³-hybridized carbons (Fsp3) is 0.375.